The first-order valence-corrected chi connectivity index (χ1v) is 5.81. The molecule has 0 saturated heterocycles. The summed E-state index contributed by atoms with van der Waals surface area (Å²) in [6, 6.07) is 6.38. The van der Waals surface area contributed by atoms with Gasteiger partial charge in [0.15, 0.2) is 0 Å². The average molecular weight is 221 g/mol. The van der Waals surface area contributed by atoms with Gasteiger partial charge in [-0.1, -0.05) is 12.1 Å². The van der Waals surface area contributed by atoms with Crippen LogP contribution >= 0.6 is 0 Å². The fraction of sp³-hybridized carbons (Fsp3) is 0.571. The minimum atomic E-state index is 0.196. The van der Waals surface area contributed by atoms with Crippen molar-refractivity contribution in [1.82, 2.24) is 5.32 Å². The minimum absolute atomic E-state index is 0.196. The van der Waals surface area contributed by atoms with E-state index in [9.17, 15) is 0 Å². The van der Waals surface area contributed by atoms with Crippen LogP contribution < -0.4 is 10.1 Å². The van der Waals surface area contributed by atoms with E-state index >= 15 is 0 Å². The molecule has 1 aromatic carbocycles. The second-order valence-corrected chi connectivity index (χ2v) is 5.23. The third kappa shape index (κ3) is 4.23. The Morgan fingerprint density at radius 1 is 1.25 bits per heavy atom. The quantitative estimate of drug-likeness (QED) is 0.844. The molecular formula is C14H23NO. The van der Waals surface area contributed by atoms with E-state index < -0.39 is 0 Å². The highest BCUT2D eigenvalue weighted by Crippen LogP contribution is 2.18. The molecule has 0 saturated carbocycles. The standard InChI is InChI=1S/C14H23NO/c1-11-10-12(6-7-13(11)16-5)8-9-15-14(2,3)4/h6-7,10,15H,8-9H2,1-5H3. The van der Waals surface area contributed by atoms with Crippen molar-refractivity contribution in [3.05, 3.63) is 29.3 Å². The molecule has 0 radical (unpaired) electrons. The first-order chi connectivity index (χ1) is 7.42. The fourth-order valence-electron chi connectivity index (χ4n) is 1.68. The van der Waals surface area contributed by atoms with Crippen molar-refractivity contribution in [2.45, 2.75) is 39.7 Å². The van der Waals surface area contributed by atoms with Gasteiger partial charge in [-0.2, -0.15) is 0 Å². The van der Waals surface area contributed by atoms with Crippen LogP contribution in [0.4, 0.5) is 0 Å². The number of benzene rings is 1. The molecule has 1 N–H and O–H groups in total. The molecule has 0 aliphatic carbocycles. The number of hydrogen-bond donors (Lipinski definition) is 1. The topological polar surface area (TPSA) is 21.3 Å². The van der Waals surface area contributed by atoms with Crippen LogP contribution in [0.25, 0.3) is 0 Å². The maximum absolute atomic E-state index is 5.24. The molecular weight excluding hydrogens is 198 g/mol. The van der Waals surface area contributed by atoms with Gasteiger partial charge in [0, 0.05) is 5.54 Å². The van der Waals surface area contributed by atoms with Crippen LogP contribution in [0.15, 0.2) is 18.2 Å². The van der Waals surface area contributed by atoms with Gasteiger partial charge in [0.25, 0.3) is 0 Å². The summed E-state index contributed by atoms with van der Waals surface area (Å²) >= 11 is 0. The molecule has 0 aromatic heterocycles. The van der Waals surface area contributed by atoms with Gasteiger partial charge >= 0.3 is 0 Å². The minimum Gasteiger partial charge on any atom is -0.496 e. The summed E-state index contributed by atoms with van der Waals surface area (Å²) in [5.74, 6) is 0.965. The highest BCUT2D eigenvalue weighted by Gasteiger charge is 2.07. The molecule has 0 aliphatic heterocycles. The Labute approximate surface area is 99.0 Å². The molecule has 1 aromatic rings. The Morgan fingerprint density at radius 3 is 2.44 bits per heavy atom. The lowest BCUT2D eigenvalue weighted by molar-refractivity contribution is 0.411. The molecule has 1 rings (SSSR count). The van der Waals surface area contributed by atoms with Crippen LogP contribution in [0.5, 0.6) is 5.75 Å². The highest BCUT2D eigenvalue weighted by atomic mass is 16.5. The summed E-state index contributed by atoms with van der Waals surface area (Å²) < 4.78 is 5.24. The lowest BCUT2D eigenvalue weighted by Gasteiger charge is -2.20. The van der Waals surface area contributed by atoms with Gasteiger partial charge in [0.05, 0.1) is 7.11 Å². The number of aryl methyl sites for hydroxylation is 1. The van der Waals surface area contributed by atoms with E-state index in [4.69, 9.17) is 4.74 Å². The summed E-state index contributed by atoms with van der Waals surface area (Å²) in [5, 5.41) is 3.49. The Morgan fingerprint density at radius 2 is 1.94 bits per heavy atom. The van der Waals surface area contributed by atoms with Gasteiger partial charge in [-0.15, -0.1) is 0 Å². The molecule has 0 spiro atoms. The summed E-state index contributed by atoms with van der Waals surface area (Å²) in [7, 11) is 1.71. The predicted octanol–water partition coefficient (Wildman–Crippen LogP) is 2.93. The lowest BCUT2D eigenvalue weighted by atomic mass is 10.1. The lowest BCUT2D eigenvalue weighted by Crippen LogP contribution is -2.37. The first kappa shape index (κ1) is 13.0. The zero-order valence-electron chi connectivity index (χ0n) is 11.1. The van der Waals surface area contributed by atoms with Crippen LogP contribution in [-0.2, 0) is 6.42 Å². The molecule has 0 aliphatic rings. The molecule has 0 amide bonds. The van der Waals surface area contributed by atoms with Crippen molar-refractivity contribution in [2.24, 2.45) is 0 Å². The van der Waals surface area contributed by atoms with E-state index in [1.165, 1.54) is 11.1 Å². The summed E-state index contributed by atoms with van der Waals surface area (Å²) in [5.41, 5.74) is 2.76. The van der Waals surface area contributed by atoms with Crippen LogP contribution in [0.1, 0.15) is 31.9 Å². The number of hydrogen-bond acceptors (Lipinski definition) is 2. The number of rotatable bonds is 4. The zero-order chi connectivity index (χ0) is 12.2. The van der Waals surface area contributed by atoms with Gasteiger partial charge in [-0.25, -0.2) is 0 Å². The van der Waals surface area contributed by atoms with Crippen LogP contribution in [0.2, 0.25) is 0 Å². The van der Waals surface area contributed by atoms with E-state index in [-0.39, 0.29) is 5.54 Å². The van der Waals surface area contributed by atoms with E-state index in [2.05, 4.69) is 45.1 Å². The van der Waals surface area contributed by atoms with Gasteiger partial charge in [-0.3, -0.25) is 0 Å². The smallest absolute Gasteiger partial charge is 0.121 e. The van der Waals surface area contributed by atoms with Gasteiger partial charge in [-0.05, 0) is 57.9 Å². The molecule has 2 nitrogen and oxygen atoms in total. The monoisotopic (exact) mass is 221 g/mol. The largest absolute Gasteiger partial charge is 0.496 e. The molecule has 2 heteroatoms. The van der Waals surface area contributed by atoms with Crippen molar-refractivity contribution in [3.63, 3.8) is 0 Å². The predicted molar refractivity (Wildman–Crippen MR) is 69.2 cm³/mol. The van der Waals surface area contributed by atoms with Crippen molar-refractivity contribution >= 4 is 0 Å². The fourth-order valence-corrected chi connectivity index (χ4v) is 1.68. The summed E-state index contributed by atoms with van der Waals surface area (Å²) in [6.45, 7) is 9.65. The second-order valence-electron chi connectivity index (χ2n) is 5.23. The highest BCUT2D eigenvalue weighted by molar-refractivity contribution is 5.36. The van der Waals surface area contributed by atoms with Crippen LogP contribution in [0.3, 0.4) is 0 Å². The van der Waals surface area contributed by atoms with E-state index in [1.54, 1.807) is 7.11 Å². The third-order valence-electron chi connectivity index (χ3n) is 2.53. The van der Waals surface area contributed by atoms with Crippen molar-refractivity contribution < 1.29 is 4.74 Å². The van der Waals surface area contributed by atoms with Gasteiger partial charge in [0.2, 0.25) is 0 Å². The van der Waals surface area contributed by atoms with E-state index in [0.717, 1.165) is 18.7 Å². The Hall–Kier alpha value is -1.02. The van der Waals surface area contributed by atoms with Crippen molar-refractivity contribution in [3.8, 4) is 5.75 Å². The Balaban J connectivity index is 2.52. The summed E-state index contributed by atoms with van der Waals surface area (Å²) in [6.07, 6.45) is 1.06. The van der Waals surface area contributed by atoms with Crippen LogP contribution in [-0.4, -0.2) is 19.2 Å². The maximum Gasteiger partial charge on any atom is 0.121 e. The molecule has 16 heavy (non-hydrogen) atoms. The SMILES string of the molecule is COc1ccc(CCNC(C)(C)C)cc1C. The molecule has 0 bridgehead atoms. The normalized spacial score (nSPS) is 11.6. The molecule has 0 heterocycles. The molecule has 90 valence electrons. The first-order valence-electron chi connectivity index (χ1n) is 5.81. The number of ether oxygens (including phenoxy) is 1. The van der Waals surface area contributed by atoms with Crippen LogP contribution in [0, 0.1) is 6.92 Å². The Bertz CT molecular complexity index is 339. The Kier molecular flexibility index (Phi) is 4.36. The van der Waals surface area contributed by atoms with Gasteiger partial charge in [0.1, 0.15) is 5.75 Å². The number of nitrogens with one attached hydrogen (secondary N) is 1. The maximum atomic E-state index is 5.24. The molecule has 0 atom stereocenters. The summed E-state index contributed by atoms with van der Waals surface area (Å²) in [4.78, 5) is 0. The van der Waals surface area contributed by atoms with Crippen molar-refractivity contribution in [2.75, 3.05) is 13.7 Å². The number of methoxy groups -OCH3 is 1. The van der Waals surface area contributed by atoms with E-state index in [0.29, 0.717) is 0 Å². The van der Waals surface area contributed by atoms with E-state index in [1.807, 2.05) is 6.07 Å². The average Bonchev–Trinajstić information content (AvgIpc) is 2.16. The second kappa shape index (κ2) is 5.35. The third-order valence-corrected chi connectivity index (χ3v) is 2.53. The molecule has 0 unspecified atom stereocenters. The zero-order valence-corrected chi connectivity index (χ0v) is 11.1. The van der Waals surface area contributed by atoms with Crippen molar-refractivity contribution in [1.29, 1.82) is 0 Å². The van der Waals surface area contributed by atoms with Gasteiger partial charge < -0.3 is 10.1 Å². The molecule has 0 fully saturated rings.